The summed E-state index contributed by atoms with van der Waals surface area (Å²) in [6.45, 7) is 6.96. The second-order valence-electron chi connectivity index (χ2n) is 7.07. The summed E-state index contributed by atoms with van der Waals surface area (Å²) in [7, 11) is 0. The fraction of sp³-hybridized carbons (Fsp3) is 0.750. The van der Waals surface area contributed by atoms with E-state index in [1.54, 1.807) is 4.88 Å². The van der Waals surface area contributed by atoms with E-state index in [-0.39, 0.29) is 0 Å². The number of thiophene rings is 1. The fourth-order valence-electron chi connectivity index (χ4n) is 3.80. The van der Waals surface area contributed by atoms with Crippen molar-refractivity contribution in [2.75, 3.05) is 13.1 Å². The Labute approximate surface area is 129 Å². The molecule has 106 valence electrons. The lowest BCUT2D eigenvalue weighted by Crippen LogP contribution is -2.36. The maximum Gasteiger partial charge on any atom is 0.0701 e. The van der Waals surface area contributed by atoms with Crippen molar-refractivity contribution in [3.63, 3.8) is 0 Å². The van der Waals surface area contributed by atoms with E-state index < -0.39 is 0 Å². The summed E-state index contributed by atoms with van der Waals surface area (Å²) < 4.78 is 1.27. The topological polar surface area (TPSA) is 12.0 Å². The number of fused-ring (bicyclic) bond motifs is 1. The summed E-state index contributed by atoms with van der Waals surface area (Å²) in [6.07, 6.45) is 5.71. The molecule has 0 spiro atoms. The molecule has 2 unspecified atom stereocenters. The smallest absolute Gasteiger partial charge is 0.0701 e. The number of rotatable bonds is 6. The minimum Gasteiger partial charge on any atom is -0.316 e. The van der Waals surface area contributed by atoms with Gasteiger partial charge in [-0.05, 0) is 83.5 Å². The predicted octanol–water partition coefficient (Wildman–Crippen LogP) is 4.72. The van der Waals surface area contributed by atoms with Crippen LogP contribution in [0, 0.1) is 23.2 Å². The first kappa shape index (κ1) is 14.1. The molecule has 19 heavy (non-hydrogen) atoms. The van der Waals surface area contributed by atoms with E-state index in [0.717, 1.165) is 24.3 Å². The third-order valence-corrected chi connectivity index (χ3v) is 6.31. The van der Waals surface area contributed by atoms with Gasteiger partial charge in [0.25, 0.3) is 0 Å². The molecule has 2 saturated carbocycles. The van der Waals surface area contributed by atoms with Gasteiger partial charge in [0.2, 0.25) is 0 Å². The van der Waals surface area contributed by atoms with E-state index in [2.05, 4.69) is 47.2 Å². The van der Waals surface area contributed by atoms with Crippen LogP contribution in [0.3, 0.4) is 0 Å². The number of halogens is 1. The molecule has 0 bridgehead atoms. The normalized spacial score (nSPS) is 32.8. The number of hydrogen-bond donors (Lipinski definition) is 1. The summed E-state index contributed by atoms with van der Waals surface area (Å²) in [5, 5.41) is 3.73. The lowest BCUT2D eigenvalue weighted by molar-refractivity contribution is 0.246. The van der Waals surface area contributed by atoms with Gasteiger partial charge in [0, 0.05) is 11.4 Å². The van der Waals surface area contributed by atoms with Crippen molar-refractivity contribution in [2.45, 2.75) is 39.5 Å². The summed E-state index contributed by atoms with van der Waals surface area (Å²) in [5.41, 5.74) is 0.548. The summed E-state index contributed by atoms with van der Waals surface area (Å²) in [4.78, 5) is 1.56. The van der Waals surface area contributed by atoms with Gasteiger partial charge in [0.05, 0.1) is 3.79 Å². The minimum absolute atomic E-state index is 0.548. The Balaban J connectivity index is 1.63. The molecule has 1 heterocycles. The first-order valence-electron chi connectivity index (χ1n) is 7.51. The summed E-state index contributed by atoms with van der Waals surface area (Å²) >= 11 is 5.51. The second kappa shape index (κ2) is 5.50. The van der Waals surface area contributed by atoms with E-state index in [1.165, 1.54) is 36.0 Å². The molecule has 2 atom stereocenters. The van der Waals surface area contributed by atoms with Crippen molar-refractivity contribution < 1.29 is 0 Å². The predicted molar refractivity (Wildman–Crippen MR) is 86.7 cm³/mol. The molecule has 0 amide bonds. The molecule has 2 fully saturated rings. The molecule has 0 saturated heterocycles. The molecular formula is C16H24BrNS. The average Bonchev–Trinajstić information content (AvgIpc) is 2.75. The first-order valence-corrected chi connectivity index (χ1v) is 9.12. The van der Waals surface area contributed by atoms with E-state index in [0.29, 0.717) is 5.41 Å². The van der Waals surface area contributed by atoms with Crippen LogP contribution in [0.4, 0.5) is 0 Å². The Morgan fingerprint density at radius 1 is 1.37 bits per heavy atom. The highest BCUT2D eigenvalue weighted by Crippen LogP contribution is 2.60. The molecular weight excluding hydrogens is 318 g/mol. The van der Waals surface area contributed by atoms with Crippen LogP contribution >= 0.6 is 27.3 Å². The molecule has 1 N–H and O–H groups in total. The van der Waals surface area contributed by atoms with Gasteiger partial charge in [-0.2, -0.15) is 0 Å². The van der Waals surface area contributed by atoms with Crippen LogP contribution in [0.15, 0.2) is 15.9 Å². The number of hydrogen-bond acceptors (Lipinski definition) is 2. The van der Waals surface area contributed by atoms with Gasteiger partial charge in [-0.25, -0.2) is 0 Å². The molecule has 2 aliphatic rings. The van der Waals surface area contributed by atoms with Crippen LogP contribution < -0.4 is 5.32 Å². The van der Waals surface area contributed by atoms with Crippen LogP contribution in [0.2, 0.25) is 0 Å². The van der Waals surface area contributed by atoms with Gasteiger partial charge < -0.3 is 5.32 Å². The van der Waals surface area contributed by atoms with Crippen LogP contribution in [0.1, 0.15) is 38.0 Å². The zero-order valence-corrected chi connectivity index (χ0v) is 14.3. The maximum atomic E-state index is 3.73. The Morgan fingerprint density at radius 2 is 2.11 bits per heavy atom. The van der Waals surface area contributed by atoms with Crippen molar-refractivity contribution >= 4 is 27.3 Å². The number of nitrogens with one attached hydrogen (secondary N) is 1. The van der Waals surface area contributed by atoms with Gasteiger partial charge >= 0.3 is 0 Å². The van der Waals surface area contributed by atoms with Gasteiger partial charge in [0.1, 0.15) is 0 Å². The zero-order chi connectivity index (χ0) is 13.5. The molecule has 3 rings (SSSR count). The zero-order valence-electron chi connectivity index (χ0n) is 11.9. The van der Waals surface area contributed by atoms with E-state index in [9.17, 15) is 0 Å². The van der Waals surface area contributed by atoms with Crippen LogP contribution in [0.5, 0.6) is 0 Å². The van der Waals surface area contributed by atoms with E-state index in [1.807, 2.05) is 11.3 Å². The third kappa shape index (κ3) is 3.43. The lowest BCUT2D eigenvalue weighted by atomic mass is 9.79. The Morgan fingerprint density at radius 3 is 2.68 bits per heavy atom. The molecule has 0 radical (unpaired) electrons. The molecule has 1 aromatic heterocycles. The molecule has 2 aliphatic carbocycles. The van der Waals surface area contributed by atoms with Gasteiger partial charge in [-0.15, -0.1) is 11.3 Å². The molecule has 0 aromatic carbocycles. The highest BCUT2D eigenvalue weighted by molar-refractivity contribution is 9.11. The highest BCUT2D eigenvalue weighted by Gasteiger charge is 2.53. The quantitative estimate of drug-likeness (QED) is 0.789. The Hall–Kier alpha value is 0.140. The van der Waals surface area contributed by atoms with Crippen molar-refractivity contribution in [1.29, 1.82) is 0 Å². The Bertz CT molecular complexity index is 430. The minimum atomic E-state index is 0.548. The average molecular weight is 342 g/mol. The fourth-order valence-corrected chi connectivity index (χ4v) is 5.46. The third-order valence-electron chi connectivity index (χ3n) is 4.69. The first-order chi connectivity index (χ1) is 9.06. The van der Waals surface area contributed by atoms with E-state index >= 15 is 0 Å². The molecule has 0 aliphatic heterocycles. The van der Waals surface area contributed by atoms with Crippen molar-refractivity contribution in [1.82, 2.24) is 5.32 Å². The van der Waals surface area contributed by atoms with Crippen molar-refractivity contribution in [3.8, 4) is 0 Å². The van der Waals surface area contributed by atoms with Crippen molar-refractivity contribution in [3.05, 3.63) is 20.8 Å². The van der Waals surface area contributed by atoms with Gasteiger partial charge in [0.15, 0.2) is 0 Å². The van der Waals surface area contributed by atoms with Crippen LogP contribution in [0.25, 0.3) is 0 Å². The van der Waals surface area contributed by atoms with Gasteiger partial charge in [-0.1, -0.05) is 13.8 Å². The largest absolute Gasteiger partial charge is 0.316 e. The van der Waals surface area contributed by atoms with Crippen LogP contribution in [-0.2, 0) is 6.42 Å². The van der Waals surface area contributed by atoms with E-state index in [4.69, 9.17) is 0 Å². The molecule has 3 heteroatoms. The highest BCUT2D eigenvalue weighted by atomic mass is 79.9. The summed E-state index contributed by atoms with van der Waals surface area (Å²) in [6, 6.07) is 4.51. The lowest BCUT2D eigenvalue weighted by Gasteiger charge is -2.31. The second-order valence-corrected chi connectivity index (χ2v) is 9.62. The van der Waals surface area contributed by atoms with Gasteiger partial charge in [-0.3, -0.25) is 0 Å². The van der Waals surface area contributed by atoms with Crippen LogP contribution in [-0.4, -0.2) is 13.1 Å². The standard InChI is InChI=1S/C16H24BrNS/c1-11(2)9-18-10-16(6-12-5-13(12)7-16)8-14-3-4-15(17)19-14/h3-4,11-13,18H,5-10H2,1-2H3. The molecule has 1 aromatic rings. The Kier molecular flexibility index (Phi) is 4.08. The monoisotopic (exact) mass is 341 g/mol. The summed E-state index contributed by atoms with van der Waals surface area (Å²) in [5.74, 6) is 2.87. The van der Waals surface area contributed by atoms with Crippen molar-refractivity contribution in [2.24, 2.45) is 23.2 Å². The molecule has 1 nitrogen and oxygen atoms in total. The SMILES string of the molecule is CC(C)CNCC1(Cc2ccc(Br)s2)CC2CC2C1. The maximum absolute atomic E-state index is 3.73.